The third-order valence-corrected chi connectivity index (χ3v) is 4.81. The lowest BCUT2D eigenvalue weighted by molar-refractivity contribution is 0.0852. The van der Waals surface area contributed by atoms with E-state index >= 15 is 0 Å². The van der Waals surface area contributed by atoms with E-state index in [0.29, 0.717) is 6.04 Å². The van der Waals surface area contributed by atoms with Crippen molar-refractivity contribution in [1.82, 2.24) is 9.80 Å². The predicted octanol–water partition coefficient (Wildman–Crippen LogP) is 1.92. The first-order valence-electron chi connectivity index (χ1n) is 8.00. The molecule has 2 aliphatic rings. The lowest BCUT2D eigenvalue weighted by Crippen LogP contribution is -2.52. The van der Waals surface area contributed by atoms with Crippen LogP contribution in [0.2, 0.25) is 0 Å². The van der Waals surface area contributed by atoms with Crippen LogP contribution in [0.1, 0.15) is 45.4 Å². The quantitative estimate of drug-likeness (QED) is 0.785. The summed E-state index contributed by atoms with van der Waals surface area (Å²) >= 11 is 0. The highest BCUT2D eigenvalue weighted by Gasteiger charge is 2.24. The van der Waals surface area contributed by atoms with E-state index in [-0.39, 0.29) is 0 Å². The molecule has 0 spiro atoms. The van der Waals surface area contributed by atoms with Gasteiger partial charge in [-0.05, 0) is 25.2 Å². The minimum absolute atomic E-state index is 0.628. The molecule has 1 saturated carbocycles. The molecule has 1 aliphatic heterocycles. The van der Waals surface area contributed by atoms with Crippen molar-refractivity contribution in [3.63, 3.8) is 0 Å². The summed E-state index contributed by atoms with van der Waals surface area (Å²) < 4.78 is 0. The first-order valence-corrected chi connectivity index (χ1v) is 8.00. The van der Waals surface area contributed by atoms with Crippen LogP contribution in [0.25, 0.3) is 0 Å². The second kappa shape index (κ2) is 7.46. The molecule has 0 bridgehead atoms. The summed E-state index contributed by atoms with van der Waals surface area (Å²) in [6, 6.07) is 0.628. The zero-order chi connectivity index (χ0) is 12.8. The molecule has 1 saturated heterocycles. The SMILES string of the molecule is CCCC(CN)N1CCN(CC2CCCC2)CC1. The van der Waals surface area contributed by atoms with Crippen LogP contribution >= 0.6 is 0 Å². The van der Waals surface area contributed by atoms with Crippen molar-refractivity contribution in [2.45, 2.75) is 51.5 Å². The highest BCUT2D eigenvalue weighted by Crippen LogP contribution is 2.25. The van der Waals surface area contributed by atoms with E-state index in [2.05, 4.69) is 16.7 Å². The highest BCUT2D eigenvalue weighted by atomic mass is 15.3. The van der Waals surface area contributed by atoms with Crippen LogP contribution in [0.3, 0.4) is 0 Å². The Morgan fingerprint density at radius 1 is 1.11 bits per heavy atom. The number of nitrogens with two attached hydrogens (primary N) is 1. The maximum absolute atomic E-state index is 5.90. The van der Waals surface area contributed by atoms with Crippen molar-refractivity contribution in [2.24, 2.45) is 11.7 Å². The van der Waals surface area contributed by atoms with E-state index in [1.807, 2.05) is 0 Å². The van der Waals surface area contributed by atoms with E-state index < -0.39 is 0 Å². The molecule has 3 heteroatoms. The van der Waals surface area contributed by atoms with Crippen molar-refractivity contribution < 1.29 is 0 Å². The van der Waals surface area contributed by atoms with E-state index in [9.17, 15) is 0 Å². The highest BCUT2D eigenvalue weighted by molar-refractivity contribution is 4.81. The van der Waals surface area contributed by atoms with Crippen LogP contribution < -0.4 is 5.73 Å². The lowest BCUT2D eigenvalue weighted by Gasteiger charge is -2.39. The molecule has 0 radical (unpaired) electrons. The van der Waals surface area contributed by atoms with Crippen molar-refractivity contribution in [2.75, 3.05) is 39.3 Å². The minimum Gasteiger partial charge on any atom is -0.329 e. The van der Waals surface area contributed by atoms with Gasteiger partial charge in [0.2, 0.25) is 0 Å². The van der Waals surface area contributed by atoms with Gasteiger partial charge in [-0.3, -0.25) is 4.90 Å². The molecule has 1 aliphatic carbocycles. The van der Waals surface area contributed by atoms with Crippen LogP contribution in [-0.2, 0) is 0 Å². The third-order valence-electron chi connectivity index (χ3n) is 4.81. The molecular weight excluding hydrogens is 222 g/mol. The van der Waals surface area contributed by atoms with E-state index in [1.54, 1.807) is 0 Å². The number of rotatable bonds is 6. The fourth-order valence-corrected chi connectivity index (χ4v) is 3.65. The Morgan fingerprint density at radius 2 is 1.78 bits per heavy atom. The molecule has 2 N–H and O–H groups in total. The first-order chi connectivity index (χ1) is 8.83. The fraction of sp³-hybridized carbons (Fsp3) is 1.00. The van der Waals surface area contributed by atoms with Gasteiger partial charge in [-0.25, -0.2) is 0 Å². The number of hydrogen-bond donors (Lipinski definition) is 1. The molecule has 18 heavy (non-hydrogen) atoms. The summed E-state index contributed by atoms with van der Waals surface area (Å²) in [5.41, 5.74) is 5.90. The molecule has 2 rings (SSSR count). The molecule has 1 heterocycles. The van der Waals surface area contributed by atoms with Crippen LogP contribution in [0.5, 0.6) is 0 Å². The van der Waals surface area contributed by atoms with Gasteiger partial charge < -0.3 is 10.6 Å². The molecule has 0 aromatic rings. The van der Waals surface area contributed by atoms with Gasteiger partial charge in [0.25, 0.3) is 0 Å². The summed E-state index contributed by atoms with van der Waals surface area (Å²) in [5.74, 6) is 0.998. The van der Waals surface area contributed by atoms with Crippen molar-refractivity contribution in [1.29, 1.82) is 0 Å². The van der Waals surface area contributed by atoms with Crippen molar-refractivity contribution in [3.8, 4) is 0 Å². The average molecular weight is 253 g/mol. The summed E-state index contributed by atoms with van der Waals surface area (Å²) in [6.45, 7) is 9.43. The van der Waals surface area contributed by atoms with Gasteiger partial charge in [0.05, 0.1) is 0 Å². The van der Waals surface area contributed by atoms with Crippen LogP contribution in [0.15, 0.2) is 0 Å². The maximum atomic E-state index is 5.90. The van der Waals surface area contributed by atoms with Gasteiger partial charge in [-0.2, -0.15) is 0 Å². The summed E-state index contributed by atoms with van der Waals surface area (Å²) in [4.78, 5) is 5.31. The Kier molecular flexibility index (Phi) is 5.93. The summed E-state index contributed by atoms with van der Waals surface area (Å²) in [5, 5.41) is 0. The van der Waals surface area contributed by atoms with Gasteiger partial charge in [-0.1, -0.05) is 26.2 Å². The Hall–Kier alpha value is -0.120. The monoisotopic (exact) mass is 253 g/mol. The fourth-order valence-electron chi connectivity index (χ4n) is 3.65. The number of piperazine rings is 1. The van der Waals surface area contributed by atoms with Crippen molar-refractivity contribution in [3.05, 3.63) is 0 Å². The molecule has 0 amide bonds. The molecule has 2 fully saturated rings. The molecule has 1 unspecified atom stereocenters. The lowest BCUT2D eigenvalue weighted by atomic mass is 10.1. The Morgan fingerprint density at radius 3 is 2.33 bits per heavy atom. The van der Waals surface area contributed by atoms with Gasteiger partial charge in [0, 0.05) is 45.3 Å². The van der Waals surface area contributed by atoms with Gasteiger partial charge in [0.1, 0.15) is 0 Å². The van der Waals surface area contributed by atoms with E-state index in [1.165, 1.54) is 71.2 Å². The first kappa shape index (κ1) is 14.3. The normalized spacial score (nSPS) is 25.7. The van der Waals surface area contributed by atoms with E-state index in [4.69, 9.17) is 5.73 Å². The molecular formula is C15H31N3. The Bertz CT molecular complexity index is 218. The van der Waals surface area contributed by atoms with Crippen LogP contribution in [0, 0.1) is 5.92 Å². The standard InChI is InChI=1S/C15H31N3/c1-2-5-15(12-16)18-10-8-17(9-11-18)13-14-6-3-4-7-14/h14-15H,2-13,16H2,1H3. The molecule has 1 atom stereocenters. The topological polar surface area (TPSA) is 32.5 Å². The smallest absolute Gasteiger partial charge is 0.0219 e. The minimum atomic E-state index is 0.628. The van der Waals surface area contributed by atoms with Gasteiger partial charge in [0.15, 0.2) is 0 Å². The zero-order valence-corrected chi connectivity index (χ0v) is 12.1. The van der Waals surface area contributed by atoms with Crippen LogP contribution in [0.4, 0.5) is 0 Å². The summed E-state index contributed by atoms with van der Waals surface area (Å²) in [6.07, 6.45) is 8.40. The largest absolute Gasteiger partial charge is 0.329 e. The molecule has 0 aromatic carbocycles. The molecule has 3 nitrogen and oxygen atoms in total. The molecule has 106 valence electrons. The second-order valence-electron chi connectivity index (χ2n) is 6.17. The second-order valence-corrected chi connectivity index (χ2v) is 6.17. The third kappa shape index (κ3) is 3.94. The Labute approximate surface area is 113 Å². The average Bonchev–Trinajstić information content (AvgIpc) is 2.90. The number of hydrogen-bond acceptors (Lipinski definition) is 3. The van der Waals surface area contributed by atoms with Gasteiger partial charge in [-0.15, -0.1) is 0 Å². The zero-order valence-electron chi connectivity index (χ0n) is 12.1. The van der Waals surface area contributed by atoms with Crippen LogP contribution in [-0.4, -0.2) is 55.1 Å². The van der Waals surface area contributed by atoms with E-state index in [0.717, 1.165) is 12.5 Å². The summed E-state index contributed by atoms with van der Waals surface area (Å²) in [7, 11) is 0. The van der Waals surface area contributed by atoms with Crippen molar-refractivity contribution >= 4 is 0 Å². The maximum Gasteiger partial charge on any atom is 0.0219 e. The number of nitrogens with zero attached hydrogens (tertiary/aromatic N) is 2. The Balaban J connectivity index is 1.69. The van der Waals surface area contributed by atoms with Gasteiger partial charge >= 0.3 is 0 Å². The predicted molar refractivity (Wildman–Crippen MR) is 77.7 cm³/mol. The molecule has 0 aromatic heterocycles.